The lowest BCUT2D eigenvalue weighted by Crippen LogP contribution is -2.32. The topological polar surface area (TPSA) is 131 Å². The van der Waals surface area contributed by atoms with Gasteiger partial charge in [0, 0.05) is 31.9 Å². The minimum atomic E-state index is -3.74. The van der Waals surface area contributed by atoms with Crippen molar-refractivity contribution >= 4 is 33.1 Å². The van der Waals surface area contributed by atoms with E-state index in [1.807, 2.05) is 0 Å². The van der Waals surface area contributed by atoms with E-state index < -0.39 is 33.5 Å². The van der Waals surface area contributed by atoms with Gasteiger partial charge < -0.3 is 19.7 Å². The lowest BCUT2D eigenvalue weighted by atomic mass is 10.0. The highest BCUT2D eigenvalue weighted by Crippen LogP contribution is 2.35. The van der Waals surface area contributed by atoms with Crippen LogP contribution in [0.15, 0.2) is 53.2 Å². The van der Waals surface area contributed by atoms with Gasteiger partial charge >= 0.3 is 12.1 Å². The number of aromatic nitrogens is 2. The number of alkyl carbamates (subject to hydrolysis) is 1. The van der Waals surface area contributed by atoms with E-state index in [0.717, 1.165) is 4.31 Å². The Morgan fingerprint density at radius 2 is 1.89 bits per heavy atom. The predicted molar refractivity (Wildman–Crippen MR) is 141 cm³/mol. The fraction of sp³-hybridized carbons (Fsp3) is 0.346. The third kappa shape index (κ3) is 6.37. The van der Waals surface area contributed by atoms with Gasteiger partial charge in [0.05, 0.1) is 22.5 Å². The second kappa shape index (κ2) is 10.9. The Balaban J connectivity index is 2.05. The molecule has 2 heterocycles. The van der Waals surface area contributed by atoms with Crippen LogP contribution in [0.2, 0.25) is 0 Å². The Hall–Kier alpha value is -3.77. The molecule has 3 rings (SSSR count). The van der Waals surface area contributed by atoms with E-state index in [-0.39, 0.29) is 23.7 Å². The summed E-state index contributed by atoms with van der Waals surface area (Å²) in [4.78, 5) is 27.8. The summed E-state index contributed by atoms with van der Waals surface area (Å²) in [6, 6.07) is 9.07. The number of fused-ring (bicyclic) bond motifs is 1. The Bertz CT molecular complexity index is 1520. The van der Waals surface area contributed by atoms with Crippen LogP contribution >= 0.6 is 0 Å². The molecule has 10 nitrogen and oxygen atoms in total. The molecule has 0 saturated carbocycles. The number of benzene rings is 1. The van der Waals surface area contributed by atoms with E-state index in [4.69, 9.17) is 4.74 Å². The zero-order valence-electron chi connectivity index (χ0n) is 22.1. The van der Waals surface area contributed by atoms with Crippen molar-refractivity contribution in [2.75, 3.05) is 20.6 Å². The summed E-state index contributed by atoms with van der Waals surface area (Å²) < 4.78 is 48.2. The maximum absolute atomic E-state index is 15.0. The minimum absolute atomic E-state index is 0.0500. The van der Waals surface area contributed by atoms with E-state index >= 15 is 0 Å². The third-order valence-electron chi connectivity index (χ3n) is 5.57. The molecule has 1 aromatic carbocycles. The first-order valence-electron chi connectivity index (χ1n) is 11.7. The van der Waals surface area contributed by atoms with Gasteiger partial charge in [0.2, 0.25) is 10.0 Å². The predicted octanol–water partition coefficient (Wildman–Crippen LogP) is 4.34. The lowest BCUT2D eigenvalue weighted by molar-refractivity contribution is 0.0533. The first-order valence-corrected chi connectivity index (χ1v) is 13.1. The summed E-state index contributed by atoms with van der Waals surface area (Å²) in [6.07, 6.45) is 0.530. The van der Waals surface area contributed by atoms with Crippen LogP contribution in [0.3, 0.4) is 0 Å². The number of halogens is 1. The molecule has 0 aliphatic carbocycles. The van der Waals surface area contributed by atoms with Gasteiger partial charge in [-0.25, -0.2) is 31.7 Å². The summed E-state index contributed by atoms with van der Waals surface area (Å²) in [5.41, 5.74) is 1.39. The maximum Gasteiger partial charge on any atom is 0.407 e. The molecular formula is C26H31FN4O6S. The quantitative estimate of drug-likeness (QED) is 0.430. The second-order valence-electron chi connectivity index (χ2n) is 9.76. The molecular weight excluding hydrogens is 515 g/mol. The van der Waals surface area contributed by atoms with Gasteiger partial charge in [0.1, 0.15) is 17.1 Å². The van der Waals surface area contributed by atoms with E-state index in [9.17, 15) is 27.5 Å². The molecule has 0 atom stereocenters. The number of rotatable bonds is 8. The Morgan fingerprint density at radius 3 is 2.50 bits per heavy atom. The number of aromatic carboxylic acids is 1. The molecule has 0 aliphatic heterocycles. The number of nitrogens with one attached hydrogen (secondary N) is 1. The smallest absolute Gasteiger partial charge is 0.407 e. The van der Waals surface area contributed by atoms with Gasteiger partial charge in [0.25, 0.3) is 0 Å². The van der Waals surface area contributed by atoms with Crippen LogP contribution in [0.1, 0.15) is 37.0 Å². The van der Waals surface area contributed by atoms with Gasteiger partial charge in [-0.3, -0.25) is 0 Å². The first kappa shape index (κ1) is 28.8. The molecule has 0 aliphatic rings. The molecule has 0 bridgehead atoms. The van der Waals surface area contributed by atoms with Crippen molar-refractivity contribution < 1.29 is 32.2 Å². The molecule has 2 N–H and O–H groups in total. The molecule has 0 fully saturated rings. The summed E-state index contributed by atoms with van der Waals surface area (Å²) in [5, 5.41) is 11.9. The molecule has 1 amide bonds. The Labute approximate surface area is 220 Å². The van der Waals surface area contributed by atoms with Gasteiger partial charge in [-0.2, -0.15) is 0 Å². The molecule has 0 unspecified atom stereocenters. The van der Waals surface area contributed by atoms with Crippen molar-refractivity contribution in [2.45, 2.75) is 44.7 Å². The van der Waals surface area contributed by atoms with Crippen molar-refractivity contribution in [3.05, 3.63) is 59.7 Å². The number of hydrogen-bond acceptors (Lipinski definition) is 6. The third-order valence-corrected chi connectivity index (χ3v) is 7.38. The zero-order valence-corrected chi connectivity index (χ0v) is 22.9. The van der Waals surface area contributed by atoms with Crippen molar-refractivity contribution in [3.63, 3.8) is 0 Å². The van der Waals surface area contributed by atoms with Crippen molar-refractivity contribution in [1.82, 2.24) is 19.2 Å². The van der Waals surface area contributed by atoms with Crippen molar-refractivity contribution in [2.24, 2.45) is 0 Å². The summed E-state index contributed by atoms with van der Waals surface area (Å²) in [7, 11) is -0.892. The number of carboxylic acids is 1. The highest BCUT2D eigenvalue weighted by molar-refractivity contribution is 7.89. The molecule has 0 radical (unpaired) electrons. The largest absolute Gasteiger partial charge is 0.477 e. The van der Waals surface area contributed by atoms with Gasteiger partial charge in [-0.1, -0.05) is 12.1 Å². The fourth-order valence-corrected chi connectivity index (χ4v) is 4.75. The number of hydrogen-bond donors (Lipinski definition) is 2. The monoisotopic (exact) mass is 546 g/mol. The van der Waals surface area contributed by atoms with Gasteiger partial charge in [0.15, 0.2) is 0 Å². The molecule has 204 valence electrons. The number of nitrogens with zero attached hydrogens (tertiary/aromatic N) is 3. The number of carbonyl (C=O) groups is 2. The standard InChI is InChI=1S/C26H31FN4O6S/c1-16-22(17-8-7-9-19(14-17)38(35,36)30(5)6)23-21(11-10-20(29-23)24(32)33)31(16)15-18(27)12-13-28-25(34)37-26(2,3)4/h7-12,14H,13,15H2,1-6H3,(H,28,34)(H,32,33)/b18-12-. The number of allylic oxidation sites excluding steroid dienone is 1. The van der Waals surface area contributed by atoms with Gasteiger partial charge in [-0.15, -0.1) is 0 Å². The van der Waals surface area contributed by atoms with Crippen LogP contribution in [-0.4, -0.2) is 65.7 Å². The number of ether oxygens (including phenoxy) is 1. The lowest BCUT2D eigenvalue weighted by Gasteiger charge is -2.19. The Morgan fingerprint density at radius 1 is 1.21 bits per heavy atom. The molecule has 0 spiro atoms. The molecule has 2 aromatic heterocycles. The fourth-order valence-electron chi connectivity index (χ4n) is 3.81. The van der Waals surface area contributed by atoms with Crippen molar-refractivity contribution in [3.8, 4) is 11.1 Å². The number of pyridine rings is 1. The SMILES string of the molecule is Cc1c(-c2cccc(S(=O)(=O)N(C)C)c2)c2nc(C(=O)O)ccc2n1C/C(F)=C/CNC(=O)OC(C)(C)C. The second-order valence-corrected chi connectivity index (χ2v) is 11.9. The van der Waals surface area contributed by atoms with E-state index in [1.165, 1.54) is 44.4 Å². The molecule has 0 saturated heterocycles. The highest BCUT2D eigenvalue weighted by Gasteiger charge is 2.23. The molecule has 38 heavy (non-hydrogen) atoms. The first-order chi connectivity index (χ1) is 17.6. The van der Waals surface area contributed by atoms with E-state index in [0.29, 0.717) is 27.9 Å². The average molecular weight is 547 g/mol. The van der Waals surface area contributed by atoms with Crippen LogP contribution < -0.4 is 5.32 Å². The number of carbonyl (C=O) groups excluding carboxylic acids is 1. The number of carboxylic acid groups (broad SMARTS) is 1. The van der Waals surface area contributed by atoms with Crippen LogP contribution in [-0.2, 0) is 21.3 Å². The molecule has 3 aromatic rings. The van der Waals surface area contributed by atoms with Crippen molar-refractivity contribution in [1.29, 1.82) is 0 Å². The molecule has 12 heteroatoms. The highest BCUT2D eigenvalue weighted by atomic mass is 32.2. The minimum Gasteiger partial charge on any atom is -0.477 e. The van der Waals surface area contributed by atoms with E-state index in [1.54, 1.807) is 44.4 Å². The Kier molecular flexibility index (Phi) is 8.27. The zero-order chi connectivity index (χ0) is 28.4. The van der Waals surface area contributed by atoms with Gasteiger partial charge in [-0.05, 0) is 63.6 Å². The van der Waals surface area contributed by atoms with E-state index in [2.05, 4.69) is 10.3 Å². The van der Waals surface area contributed by atoms with Crippen LogP contribution in [0.25, 0.3) is 22.2 Å². The summed E-state index contributed by atoms with van der Waals surface area (Å²) in [5.74, 6) is -1.79. The maximum atomic E-state index is 15.0. The normalized spacial score (nSPS) is 12.7. The van der Waals surface area contributed by atoms with Crippen LogP contribution in [0.5, 0.6) is 0 Å². The summed E-state index contributed by atoms with van der Waals surface area (Å²) in [6.45, 7) is 6.55. The van der Waals surface area contributed by atoms with Crippen LogP contribution in [0, 0.1) is 6.92 Å². The van der Waals surface area contributed by atoms with Crippen LogP contribution in [0.4, 0.5) is 9.18 Å². The summed E-state index contributed by atoms with van der Waals surface area (Å²) >= 11 is 0. The number of amides is 1. The number of sulfonamides is 1. The average Bonchev–Trinajstić information content (AvgIpc) is 3.08.